The molecule has 0 spiro atoms. The summed E-state index contributed by atoms with van der Waals surface area (Å²) in [5.74, 6) is 0.880. The van der Waals surface area contributed by atoms with Crippen LogP contribution < -0.4 is 4.90 Å². The minimum absolute atomic E-state index is 0.0388. The van der Waals surface area contributed by atoms with E-state index in [0.29, 0.717) is 5.02 Å². The largest absolute Gasteiger partial charge is 0.363 e. The van der Waals surface area contributed by atoms with Gasteiger partial charge in [-0.25, -0.2) is 4.79 Å². The number of carbonyl (C=O) groups is 1. The average Bonchev–Trinajstić information content (AvgIpc) is 2.43. The van der Waals surface area contributed by atoms with Gasteiger partial charge in [0.25, 0.3) is 0 Å². The Balaban J connectivity index is 2.23. The molecule has 5 heteroatoms. The molecule has 0 radical (unpaired) electrons. The van der Waals surface area contributed by atoms with Crippen LogP contribution in [0.3, 0.4) is 0 Å². The number of benzene rings is 1. The third-order valence-corrected chi connectivity index (χ3v) is 3.89. The van der Waals surface area contributed by atoms with Crippen LogP contribution in [0.15, 0.2) is 29.3 Å². The molecule has 0 N–H and O–H groups in total. The number of anilines is 1. The highest BCUT2D eigenvalue weighted by Crippen LogP contribution is 2.21. The molecule has 0 aromatic heterocycles. The summed E-state index contributed by atoms with van der Waals surface area (Å²) in [6.07, 6.45) is 3.13. The number of hydrogen-bond donors (Lipinski definition) is 0. The van der Waals surface area contributed by atoms with Crippen LogP contribution in [0.25, 0.3) is 0 Å². The first-order valence-corrected chi connectivity index (χ1v) is 7.74. The zero-order chi connectivity index (χ0) is 15.4. The van der Waals surface area contributed by atoms with Gasteiger partial charge in [-0.05, 0) is 51.0 Å². The van der Waals surface area contributed by atoms with Crippen molar-refractivity contribution in [2.45, 2.75) is 39.2 Å². The van der Waals surface area contributed by atoms with E-state index in [1.54, 1.807) is 17.0 Å². The highest BCUT2D eigenvalue weighted by molar-refractivity contribution is 6.30. The van der Waals surface area contributed by atoms with E-state index >= 15 is 0 Å². The normalized spacial score (nSPS) is 17.4. The van der Waals surface area contributed by atoms with Gasteiger partial charge >= 0.3 is 6.03 Å². The zero-order valence-corrected chi connectivity index (χ0v) is 13.6. The van der Waals surface area contributed by atoms with Crippen LogP contribution in [0, 0.1) is 0 Å². The van der Waals surface area contributed by atoms with Crippen LogP contribution in [-0.4, -0.2) is 36.4 Å². The Morgan fingerprint density at radius 1 is 1.29 bits per heavy atom. The van der Waals surface area contributed by atoms with Crippen molar-refractivity contribution in [3.05, 3.63) is 29.3 Å². The van der Waals surface area contributed by atoms with E-state index in [-0.39, 0.29) is 12.1 Å². The highest BCUT2D eigenvalue weighted by atomic mass is 35.5. The van der Waals surface area contributed by atoms with Crippen LogP contribution in [0.5, 0.6) is 0 Å². The maximum atomic E-state index is 12.6. The van der Waals surface area contributed by atoms with Gasteiger partial charge in [-0.2, -0.15) is 4.99 Å². The fraction of sp³-hybridized carbons (Fsp3) is 0.500. The van der Waals surface area contributed by atoms with Crippen molar-refractivity contribution in [3.63, 3.8) is 0 Å². The van der Waals surface area contributed by atoms with Gasteiger partial charge in [-0.1, -0.05) is 11.6 Å². The standard InChI is InChI=1S/C16H22ClN3O/c1-12(2)20(14-9-7-13(17)8-10-14)16(21)18-15-6-4-5-11-19(15)3/h7-10,12H,4-6,11H2,1-3H3/b18-15-. The number of nitrogens with zero attached hydrogens (tertiary/aromatic N) is 3. The van der Waals surface area contributed by atoms with Gasteiger partial charge in [0, 0.05) is 36.8 Å². The van der Waals surface area contributed by atoms with Crippen molar-refractivity contribution >= 4 is 29.2 Å². The van der Waals surface area contributed by atoms with Crippen molar-refractivity contribution in [1.82, 2.24) is 4.90 Å². The minimum Gasteiger partial charge on any atom is -0.363 e. The van der Waals surface area contributed by atoms with Gasteiger partial charge in [0.2, 0.25) is 0 Å². The Labute approximate surface area is 131 Å². The molecular formula is C16H22ClN3O. The number of likely N-dealkylation sites (tertiary alicyclic amines) is 1. The van der Waals surface area contributed by atoms with Crippen LogP contribution in [0.2, 0.25) is 5.02 Å². The lowest BCUT2D eigenvalue weighted by Crippen LogP contribution is -2.38. The Hall–Kier alpha value is -1.55. The summed E-state index contributed by atoms with van der Waals surface area (Å²) < 4.78 is 0. The lowest BCUT2D eigenvalue weighted by Gasteiger charge is -2.28. The first-order chi connectivity index (χ1) is 9.99. The second kappa shape index (κ2) is 6.94. The van der Waals surface area contributed by atoms with Crippen molar-refractivity contribution in [1.29, 1.82) is 0 Å². The third-order valence-electron chi connectivity index (χ3n) is 3.64. The minimum atomic E-state index is -0.212. The number of carbonyl (C=O) groups excluding carboxylic acids is 1. The Morgan fingerprint density at radius 3 is 2.52 bits per heavy atom. The number of amides is 2. The molecule has 1 saturated heterocycles. The van der Waals surface area contributed by atoms with E-state index < -0.39 is 0 Å². The summed E-state index contributed by atoms with van der Waals surface area (Å²) in [4.78, 5) is 20.7. The molecule has 1 fully saturated rings. The number of piperidine rings is 1. The smallest absolute Gasteiger partial charge is 0.349 e. The van der Waals surface area contributed by atoms with Gasteiger partial charge in [0.1, 0.15) is 5.84 Å². The monoisotopic (exact) mass is 307 g/mol. The van der Waals surface area contributed by atoms with Crippen molar-refractivity contribution in [2.24, 2.45) is 4.99 Å². The van der Waals surface area contributed by atoms with Crippen LogP contribution in [0.1, 0.15) is 33.1 Å². The summed E-state index contributed by atoms with van der Waals surface area (Å²) in [6, 6.07) is 7.11. The Morgan fingerprint density at radius 2 is 1.95 bits per heavy atom. The number of aliphatic imine (C=N–C) groups is 1. The molecule has 0 aliphatic carbocycles. The first kappa shape index (κ1) is 15.8. The topological polar surface area (TPSA) is 35.9 Å². The van der Waals surface area contributed by atoms with Gasteiger partial charge in [-0.3, -0.25) is 4.90 Å². The van der Waals surface area contributed by atoms with Crippen LogP contribution in [-0.2, 0) is 0 Å². The molecule has 0 bridgehead atoms. The molecule has 4 nitrogen and oxygen atoms in total. The quantitative estimate of drug-likeness (QED) is 0.821. The summed E-state index contributed by atoms with van der Waals surface area (Å²) in [7, 11) is 1.99. The lowest BCUT2D eigenvalue weighted by molar-refractivity contribution is 0.252. The molecular weight excluding hydrogens is 286 g/mol. The maximum absolute atomic E-state index is 12.6. The molecule has 1 aliphatic heterocycles. The maximum Gasteiger partial charge on any atom is 0.349 e. The Bertz CT molecular complexity index is 525. The molecule has 1 aromatic rings. The molecule has 1 heterocycles. The van der Waals surface area contributed by atoms with Crippen molar-refractivity contribution in [2.75, 3.05) is 18.5 Å². The zero-order valence-electron chi connectivity index (χ0n) is 12.8. The number of amidine groups is 1. The van der Waals surface area contributed by atoms with Crippen LogP contribution >= 0.6 is 11.6 Å². The molecule has 114 valence electrons. The third kappa shape index (κ3) is 3.97. The van der Waals surface area contributed by atoms with Crippen LogP contribution in [0.4, 0.5) is 10.5 Å². The van der Waals surface area contributed by atoms with Gasteiger partial charge in [0.05, 0.1) is 0 Å². The molecule has 2 amide bonds. The van der Waals surface area contributed by atoms with E-state index in [1.807, 2.05) is 33.0 Å². The molecule has 21 heavy (non-hydrogen) atoms. The molecule has 0 atom stereocenters. The van der Waals surface area contributed by atoms with E-state index in [9.17, 15) is 4.79 Å². The van der Waals surface area contributed by atoms with E-state index in [4.69, 9.17) is 11.6 Å². The average molecular weight is 308 g/mol. The fourth-order valence-corrected chi connectivity index (χ4v) is 2.61. The summed E-state index contributed by atoms with van der Waals surface area (Å²) in [5.41, 5.74) is 0.821. The SMILES string of the molecule is CC(C)N(C(=O)/N=C1/CCCCN1C)c1ccc(Cl)cc1. The number of hydrogen-bond acceptors (Lipinski definition) is 1. The highest BCUT2D eigenvalue weighted by Gasteiger charge is 2.21. The van der Waals surface area contributed by atoms with Gasteiger partial charge in [-0.15, -0.1) is 0 Å². The van der Waals surface area contributed by atoms with E-state index in [1.165, 1.54) is 0 Å². The lowest BCUT2D eigenvalue weighted by atomic mass is 10.1. The van der Waals surface area contributed by atoms with Crippen molar-refractivity contribution < 1.29 is 4.79 Å². The van der Waals surface area contributed by atoms with Gasteiger partial charge in [0.15, 0.2) is 0 Å². The number of halogens is 1. The Kier molecular flexibility index (Phi) is 5.23. The van der Waals surface area contributed by atoms with E-state index in [2.05, 4.69) is 9.89 Å². The number of rotatable bonds is 2. The summed E-state index contributed by atoms with van der Waals surface area (Å²) in [5, 5.41) is 0.660. The second-order valence-electron chi connectivity index (χ2n) is 5.63. The summed E-state index contributed by atoms with van der Waals surface area (Å²) in [6.45, 7) is 4.93. The van der Waals surface area contributed by atoms with Crippen molar-refractivity contribution in [3.8, 4) is 0 Å². The predicted molar refractivity (Wildman–Crippen MR) is 88.4 cm³/mol. The fourth-order valence-electron chi connectivity index (χ4n) is 2.49. The van der Waals surface area contributed by atoms with E-state index in [0.717, 1.165) is 37.3 Å². The predicted octanol–water partition coefficient (Wildman–Crippen LogP) is 4.19. The molecule has 1 aromatic carbocycles. The first-order valence-electron chi connectivity index (χ1n) is 7.36. The number of urea groups is 1. The molecule has 0 saturated carbocycles. The molecule has 2 rings (SSSR count). The van der Waals surface area contributed by atoms with Gasteiger partial charge < -0.3 is 4.90 Å². The summed E-state index contributed by atoms with van der Waals surface area (Å²) >= 11 is 5.91. The second-order valence-corrected chi connectivity index (χ2v) is 6.07. The molecule has 1 aliphatic rings. The molecule has 0 unspecified atom stereocenters.